The van der Waals surface area contributed by atoms with Gasteiger partial charge in [-0.05, 0) is 12.8 Å². The van der Waals surface area contributed by atoms with Crippen LogP contribution in [0.3, 0.4) is 0 Å². The van der Waals surface area contributed by atoms with Gasteiger partial charge in [-0.25, -0.2) is 9.59 Å². The van der Waals surface area contributed by atoms with Crippen LogP contribution in [0.4, 0.5) is 4.79 Å². The quantitative estimate of drug-likeness (QED) is 0.779. The van der Waals surface area contributed by atoms with Gasteiger partial charge in [0.15, 0.2) is 0 Å². The SMILES string of the molecule is C=CCOC(=O)N1C(C(=O)O)CSC1(CC)CC. The van der Waals surface area contributed by atoms with Crippen molar-refractivity contribution in [3.05, 3.63) is 12.7 Å². The van der Waals surface area contributed by atoms with Crippen molar-refractivity contribution in [3.8, 4) is 0 Å². The molecule has 1 N–H and O–H groups in total. The van der Waals surface area contributed by atoms with Crippen LogP contribution < -0.4 is 0 Å². The van der Waals surface area contributed by atoms with Gasteiger partial charge in [0.25, 0.3) is 0 Å². The Morgan fingerprint density at radius 1 is 1.56 bits per heavy atom. The summed E-state index contributed by atoms with van der Waals surface area (Å²) in [5.41, 5.74) is 0. The molecule has 6 heteroatoms. The molecule has 0 saturated carbocycles. The highest BCUT2D eigenvalue weighted by Crippen LogP contribution is 2.44. The van der Waals surface area contributed by atoms with Crippen LogP contribution in [0.15, 0.2) is 12.7 Å². The minimum atomic E-state index is -0.984. The summed E-state index contributed by atoms with van der Waals surface area (Å²) in [5, 5.41) is 9.20. The summed E-state index contributed by atoms with van der Waals surface area (Å²) >= 11 is 1.51. The van der Waals surface area contributed by atoms with E-state index in [4.69, 9.17) is 4.74 Å². The van der Waals surface area contributed by atoms with Gasteiger partial charge in [0, 0.05) is 5.75 Å². The van der Waals surface area contributed by atoms with Gasteiger partial charge in [0.05, 0.1) is 4.87 Å². The van der Waals surface area contributed by atoms with Gasteiger partial charge in [0.1, 0.15) is 12.6 Å². The molecule has 0 aromatic heterocycles. The number of hydrogen-bond acceptors (Lipinski definition) is 4. The van der Waals surface area contributed by atoms with Crippen LogP contribution in [-0.4, -0.2) is 45.3 Å². The molecule has 102 valence electrons. The Hall–Kier alpha value is -1.17. The van der Waals surface area contributed by atoms with Crippen molar-refractivity contribution in [3.63, 3.8) is 0 Å². The van der Waals surface area contributed by atoms with Gasteiger partial charge in [-0.3, -0.25) is 4.90 Å². The lowest BCUT2D eigenvalue weighted by molar-refractivity contribution is -0.142. The van der Waals surface area contributed by atoms with Crippen molar-refractivity contribution in [1.82, 2.24) is 4.90 Å². The molecule has 1 unspecified atom stereocenters. The Balaban J connectivity index is 2.97. The fourth-order valence-corrected chi connectivity index (χ4v) is 3.64. The summed E-state index contributed by atoms with van der Waals surface area (Å²) in [6.45, 7) is 7.47. The van der Waals surface area contributed by atoms with E-state index < -0.39 is 23.0 Å². The van der Waals surface area contributed by atoms with Crippen molar-refractivity contribution in [2.75, 3.05) is 12.4 Å². The maximum absolute atomic E-state index is 12.0. The molecule has 0 radical (unpaired) electrons. The highest BCUT2D eigenvalue weighted by atomic mass is 32.2. The van der Waals surface area contributed by atoms with Crippen LogP contribution in [0.1, 0.15) is 26.7 Å². The summed E-state index contributed by atoms with van der Waals surface area (Å²) < 4.78 is 5.01. The van der Waals surface area contributed by atoms with Gasteiger partial charge >= 0.3 is 12.1 Å². The van der Waals surface area contributed by atoms with Gasteiger partial charge in [-0.2, -0.15) is 0 Å². The summed E-state index contributed by atoms with van der Waals surface area (Å²) in [6, 6.07) is -0.813. The highest BCUT2D eigenvalue weighted by molar-refractivity contribution is 8.01. The molecule has 1 aliphatic rings. The van der Waals surface area contributed by atoms with E-state index in [0.717, 1.165) is 0 Å². The molecule has 1 aliphatic heterocycles. The average Bonchev–Trinajstić information content (AvgIpc) is 2.76. The molecular weight excluding hydrogens is 254 g/mol. The molecule has 1 saturated heterocycles. The minimum absolute atomic E-state index is 0.0931. The normalized spacial score (nSPS) is 21.7. The zero-order valence-electron chi connectivity index (χ0n) is 10.7. The molecule has 1 heterocycles. The monoisotopic (exact) mass is 273 g/mol. The molecule has 1 fully saturated rings. The first-order valence-electron chi connectivity index (χ1n) is 5.96. The number of amides is 1. The van der Waals surface area contributed by atoms with Gasteiger partial charge in [0.2, 0.25) is 0 Å². The van der Waals surface area contributed by atoms with Crippen LogP contribution in [0.2, 0.25) is 0 Å². The van der Waals surface area contributed by atoms with Crippen molar-refractivity contribution in [1.29, 1.82) is 0 Å². The first-order valence-corrected chi connectivity index (χ1v) is 6.94. The molecule has 0 aromatic carbocycles. The average molecular weight is 273 g/mol. The van der Waals surface area contributed by atoms with E-state index in [-0.39, 0.29) is 6.61 Å². The van der Waals surface area contributed by atoms with E-state index >= 15 is 0 Å². The number of carbonyl (C=O) groups is 2. The fourth-order valence-electron chi connectivity index (χ4n) is 2.13. The number of carboxylic acid groups (broad SMARTS) is 1. The van der Waals surface area contributed by atoms with Crippen LogP contribution in [-0.2, 0) is 9.53 Å². The third-order valence-electron chi connectivity index (χ3n) is 3.17. The molecule has 1 atom stereocenters. The Bertz CT molecular complexity index is 341. The van der Waals surface area contributed by atoms with Gasteiger partial charge in [-0.1, -0.05) is 26.5 Å². The van der Waals surface area contributed by atoms with Crippen molar-refractivity contribution in [2.24, 2.45) is 0 Å². The molecular formula is C12H19NO4S. The number of ether oxygens (including phenoxy) is 1. The largest absolute Gasteiger partial charge is 0.480 e. The van der Waals surface area contributed by atoms with Crippen LogP contribution >= 0.6 is 11.8 Å². The first kappa shape index (κ1) is 14.9. The summed E-state index contributed by atoms with van der Waals surface area (Å²) in [7, 11) is 0. The summed E-state index contributed by atoms with van der Waals surface area (Å²) in [4.78, 5) is 24.2. The van der Waals surface area contributed by atoms with E-state index in [0.29, 0.717) is 18.6 Å². The minimum Gasteiger partial charge on any atom is -0.480 e. The molecule has 0 bridgehead atoms. The van der Waals surface area contributed by atoms with E-state index in [1.54, 1.807) is 0 Å². The second-order valence-corrected chi connectivity index (χ2v) is 5.44. The smallest absolute Gasteiger partial charge is 0.411 e. The number of hydrogen-bond donors (Lipinski definition) is 1. The number of aliphatic carboxylic acids is 1. The molecule has 5 nitrogen and oxygen atoms in total. The van der Waals surface area contributed by atoms with E-state index in [2.05, 4.69) is 6.58 Å². The molecule has 1 amide bonds. The van der Waals surface area contributed by atoms with Crippen molar-refractivity contribution in [2.45, 2.75) is 37.6 Å². The molecule has 0 aromatic rings. The van der Waals surface area contributed by atoms with Crippen LogP contribution in [0.25, 0.3) is 0 Å². The van der Waals surface area contributed by atoms with Crippen molar-refractivity contribution >= 4 is 23.8 Å². The van der Waals surface area contributed by atoms with Gasteiger partial charge in [-0.15, -0.1) is 11.8 Å². The number of carbonyl (C=O) groups excluding carboxylic acids is 1. The standard InChI is InChI=1S/C12H19NO4S/c1-4-7-17-11(16)13-9(10(14)15)8-18-12(13,5-2)6-3/h4,9H,1,5-8H2,2-3H3,(H,14,15). The van der Waals surface area contributed by atoms with E-state index in [1.165, 1.54) is 22.7 Å². The van der Waals surface area contributed by atoms with Crippen LogP contribution in [0.5, 0.6) is 0 Å². The lowest BCUT2D eigenvalue weighted by Crippen LogP contribution is -2.52. The maximum atomic E-state index is 12.0. The Labute approximate surface area is 111 Å². The second-order valence-electron chi connectivity index (χ2n) is 4.05. The molecule has 18 heavy (non-hydrogen) atoms. The Morgan fingerprint density at radius 2 is 2.17 bits per heavy atom. The van der Waals surface area contributed by atoms with Crippen LogP contribution in [0, 0.1) is 0 Å². The number of carboxylic acids is 1. The Kier molecular flexibility index (Phi) is 5.07. The lowest BCUT2D eigenvalue weighted by Gasteiger charge is -2.36. The molecule has 0 spiro atoms. The predicted octanol–water partition coefficient (Wildman–Crippen LogP) is 2.33. The topological polar surface area (TPSA) is 66.8 Å². The highest BCUT2D eigenvalue weighted by Gasteiger charge is 2.51. The molecule has 0 aliphatic carbocycles. The fraction of sp³-hybridized carbons (Fsp3) is 0.667. The lowest BCUT2D eigenvalue weighted by atomic mass is 10.1. The Morgan fingerprint density at radius 3 is 2.61 bits per heavy atom. The van der Waals surface area contributed by atoms with E-state index in [9.17, 15) is 14.7 Å². The maximum Gasteiger partial charge on any atom is 0.411 e. The zero-order valence-corrected chi connectivity index (χ0v) is 11.5. The predicted molar refractivity (Wildman–Crippen MR) is 70.6 cm³/mol. The second kappa shape index (κ2) is 6.13. The van der Waals surface area contributed by atoms with Gasteiger partial charge < -0.3 is 9.84 Å². The van der Waals surface area contributed by atoms with E-state index in [1.807, 2.05) is 13.8 Å². The summed E-state index contributed by atoms with van der Waals surface area (Å²) in [5.74, 6) is -0.581. The number of rotatable bonds is 5. The number of nitrogens with zero attached hydrogens (tertiary/aromatic N) is 1. The zero-order chi connectivity index (χ0) is 13.8. The third kappa shape index (κ3) is 2.63. The number of thioether (sulfide) groups is 1. The van der Waals surface area contributed by atoms with Crippen molar-refractivity contribution < 1.29 is 19.4 Å². The third-order valence-corrected chi connectivity index (χ3v) is 4.97. The molecule has 1 rings (SSSR count). The first-order chi connectivity index (χ1) is 8.52. The summed E-state index contributed by atoms with van der Waals surface area (Å²) in [6.07, 6.45) is 2.29.